The molecule has 0 spiro atoms. The van der Waals surface area contributed by atoms with Crippen molar-refractivity contribution in [1.82, 2.24) is 4.98 Å². The van der Waals surface area contributed by atoms with Crippen LogP contribution in [0.3, 0.4) is 0 Å². The predicted octanol–water partition coefficient (Wildman–Crippen LogP) is 6.42. The minimum Gasteiger partial charge on any atom is -0.474 e. The molecular formula is C31H39F2N3O3. The number of ketones is 1. The lowest BCUT2D eigenvalue weighted by Gasteiger charge is -2.24. The number of carbonyl (C=O) groups excluding carboxylic acids is 1. The second kappa shape index (κ2) is 12.9. The zero-order valence-electron chi connectivity index (χ0n) is 23.0. The normalized spacial score (nSPS) is 27.0. The number of carbonyl (C=O) groups is 1. The maximum absolute atomic E-state index is 13.5. The maximum Gasteiger partial charge on any atom is 0.270 e. The summed E-state index contributed by atoms with van der Waals surface area (Å²) in [7, 11) is 0. The zero-order chi connectivity index (χ0) is 28.0. The van der Waals surface area contributed by atoms with Gasteiger partial charge in [-0.25, -0.2) is 13.8 Å². The molecule has 1 saturated carbocycles. The molecule has 6 atom stereocenters. The van der Waals surface area contributed by atoms with Crippen molar-refractivity contribution in [2.24, 2.45) is 21.8 Å². The van der Waals surface area contributed by atoms with Crippen LogP contribution in [0.2, 0.25) is 0 Å². The first kappa shape index (κ1) is 29.0. The van der Waals surface area contributed by atoms with E-state index in [1.165, 1.54) is 18.3 Å². The smallest absolute Gasteiger partial charge is 0.270 e. The molecule has 2 aromatic rings. The van der Waals surface area contributed by atoms with E-state index in [4.69, 9.17) is 4.74 Å². The Balaban J connectivity index is 1.42. The fraction of sp³-hybridized carbons (Fsp3) is 0.548. The van der Waals surface area contributed by atoms with Crippen LogP contribution in [-0.2, 0) is 5.60 Å². The third kappa shape index (κ3) is 7.35. The summed E-state index contributed by atoms with van der Waals surface area (Å²) in [5.74, 6) is 1.21. The van der Waals surface area contributed by atoms with Gasteiger partial charge in [0.1, 0.15) is 11.7 Å². The van der Waals surface area contributed by atoms with E-state index in [9.17, 15) is 18.7 Å². The van der Waals surface area contributed by atoms with Gasteiger partial charge in [0, 0.05) is 49.1 Å². The average Bonchev–Trinajstić information content (AvgIpc) is 3.24. The third-order valence-corrected chi connectivity index (χ3v) is 8.16. The Morgan fingerprint density at radius 2 is 1.95 bits per heavy atom. The molecule has 6 nitrogen and oxygen atoms in total. The molecule has 39 heavy (non-hydrogen) atoms. The summed E-state index contributed by atoms with van der Waals surface area (Å²) >= 11 is 0. The number of hydrogen-bond acceptors (Lipinski definition) is 6. The Kier molecular flexibility index (Phi) is 9.59. The lowest BCUT2D eigenvalue weighted by molar-refractivity contribution is -0.0885. The van der Waals surface area contributed by atoms with E-state index >= 15 is 0 Å². The van der Waals surface area contributed by atoms with Crippen LogP contribution in [0.5, 0.6) is 5.88 Å². The van der Waals surface area contributed by atoms with Gasteiger partial charge in [0.25, 0.3) is 6.43 Å². The summed E-state index contributed by atoms with van der Waals surface area (Å²) in [6, 6.07) is 10.6. The van der Waals surface area contributed by atoms with Crippen LogP contribution < -0.4 is 4.74 Å². The summed E-state index contributed by atoms with van der Waals surface area (Å²) in [4.78, 5) is 26.6. The van der Waals surface area contributed by atoms with Crippen LogP contribution in [0.4, 0.5) is 8.78 Å². The highest BCUT2D eigenvalue weighted by atomic mass is 19.3. The molecule has 2 heterocycles. The lowest BCUT2D eigenvalue weighted by Crippen LogP contribution is -2.30. The van der Waals surface area contributed by atoms with Gasteiger partial charge in [0.05, 0.1) is 6.04 Å². The van der Waals surface area contributed by atoms with E-state index in [0.29, 0.717) is 24.8 Å². The van der Waals surface area contributed by atoms with Gasteiger partial charge in [-0.1, -0.05) is 31.2 Å². The van der Waals surface area contributed by atoms with Crippen molar-refractivity contribution in [3.8, 4) is 5.88 Å². The van der Waals surface area contributed by atoms with Crippen LogP contribution in [0, 0.1) is 11.8 Å². The standard InChI is InChI=1S/C31H39F2N3O3/c1-20-8-10-24(39-29-18-23(12-13-36-29)31(3,38)30(32)33)17-22(16-20)9-11-28(37)26-7-5-4-6-25(26)27-19-34-14-15-35-21(27)2/h4-7,12-15,18,20-22,24,27,30,38H,8-11,16-17,19H2,1-3H3. The molecule has 1 fully saturated rings. The van der Waals surface area contributed by atoms with Crippen LogP contribution in [0.25, 0.3) is 0 Å². The second-order valence-corrected chi connectivity index (χ2v) is 11.3. The number of Topliss-reactive ketones (excluding diaryl/α,β-unsaturated/α-hetero) is 1. The fourth-order valence-corrected chi connectivity index (χ4v) is 5.73. The molecule has 8 heteroatoms. The predicted molar refractivity (Wildman–Crippen MR) is 149 cm³/mol. The van der Waals surface area contributed by atoms with E-state index in [1.54, 1.807) is 12.4 Å². The number of hydrogen-bond donors (Lipinski definition) is 1. The Bertz CT molecular complexity index is 1180. The quantitative estimate of drug-likeness (QED) is 0.294. The number of pyridine rings is 1. The van der Waals surface area contributed by atoms with E-state index < -0.39 is 12.0 Å². The fourth-order valence-electron chi connectivity index (χ4n) is 5.73. The molecule has 0 amide bonds. The monoisotopic (exact) mass is 539 g/mol. The van der Waals surface area contributed by atoms with Crippen molar-refractivity contribution in [2.75, 3.05) is 6.54 Å². The molecule has 210 valence electrons. The zero-order valence-corrected chi connectivity index (χ0v) is 23.0. The molecule has 1 aliphatic carbocycles. The van der Waals surface area contributed by atoms with Crippen molar-refractivity contribution >= 4 is 18.2 Å². The van der Waals surface area contributed by atoms with Gasteiger partial charge in [0.15, 0.2) is 5.78 Å². The molecule has 1 N–H and O–H groups in total. The molecule has 0 saturated heterocycles. The van der Waals surface area contributed by atoms with Gasteiger partial charge >= 0.3 is 0 Å². The number of nitrogens with zero attached hydrogens (tertiary/aromatic N) is 3. The van der Waals surface area contributed by atoms with E-state index in [-0.39, 0.29) is 35.3 Å². The first-order valence-electron chi connectivity index (χ1n) is 13.9. The summed E-state index contributed by atoms with van der Waals surface area (Å²) in [6.07, 6.45) is 6.55. The highest BCUT2D eigenvalue weighted by molar-refractivity contribution is 6.16. The minimum absolute atomic E-state index is 0.0403. The van der Waals surface area contributed by atoms with Crippen LogP contribution in [-0.4, -0.2) is 53.4 Å². The van der Waals surface area contributed by atoms with Crippen LogP contribution in [0.1, 0.15) is 86.7 Å². The van der Waals surface area contributed by atoms with Crippen molar-refractivity contribution in [1.29, 1.82) is 0 Å². The first-order chi connectivity index (χ1) is 18.6. The van der Waals surface area contributed by atoms with Crippen molar-refractivity contribution < 1.29 is 23.4 Å². The number of halogens is 2. The first-order valence-corrected chi connectivity index (χ1v) is 13.9. The minimum atomic E-state index is -2.93. The van der Waals surface area contributed by atoms with Crippen molar-refractivity contribution in [2.45, 2.75) is 89.4 Å². The SMILES string of the molecule is CC1CCC(Oc2cc(C(C)(O)C(F)F)ccn2)CC(CCC(=O)c2ccccc2C2CN=CC=NC2C)C1. The van der Waals surface area contributed by atoms with Gasteiger partial charge in [-0.3, -0.25) is 14.8 Å². The number of alkyl halides is 2. The Morgan fingerprint density at radius 3 is 2.74 bits per heavy atom. The molecule has 2 aliphatic rings. The molecule has 1 aliphatic heterocycles. The molecule has 1 aromatic carbocycles. The summed E-state index contributed by atoms with van der Waals surface area (Å²) in [6.45, 7) is 5.97. The number of rotatable bonds is 9. The van der Waals surface area contributed by atoms with Gasteiger partial charge in [0.2, 0.25) is 5.88 Å². The third-order valence-electron chi connectivity index (χ3n) is 8.16. The summed E-state index contributed by atoms with van der Waals surface area (Å²) < 4.78 is 32.8. The Labute approximate surface area is 229 Å². The van der Waals surface area contributed by atoms with Crippen LogP contribution >= 0.6 is 0 Å². The largest absolute Gasteiger partial charge is 0.474 e. The lowest BCUT2D eigenvalue weighted by atomic mass is 9.85. The number of ether oxygens (including phenoxy) is 1. The van der Waals surface area contributed by atoms with E-state index in [1.807, 2.05) is 24.3 Å². The molecule has 0 bridgehead atoms. The average molecular weight is 540 g/mol. The van der Waals surface area contributed by atoms with E-state index in [2.05, 4.69) is 28.8 Å². The van der Waals surface area contributed by atoms with Gasteiger partial charge in [-0.2, -0.15) is 0 Å². The topological polar surface area (TPSA) is 84.1 Å². The van der Waals surface area contributed by atoms with Gasteiger partial charge in [-0.15, -0.1) is 0 Å². The maximum atomic E-state index is 13.5. The molecular weight excluding hydrogens is 500 g/mol. The van der Waals surface area contributed by atoms with Gasteiger partial charge in [-0.05, 0) is 75.0 Å². The number of aromatic nitrogens is 1. The molecule has 0 radical (unpaired) electrons. The number of aliphatic hydroxyl groups is 1. The molecule has 6 unspecified atom stereocenters. The van der Waals surface area contributed by atoms with Crippen LogP contribution in [0.15, 0.2) is 52.6 Å². The Morgan fingerprint density at radius 1 is 1.15 bits per heavy atom. The van der Waals surface area contributed by atoms with E-state index in [0.717, 1.165) is 50.2 Å². The highest BCUT2D eigenvalue weighted by Crippen LogP contribution is 2.35. The summed E-state index contributed by atoms with van der Waals surface area (Å²) in [5.41, 5.74) is -0.439. The molecule has 4 rings (SSSR count). The van der Waals surface area contributed by atoms with Crippen molar-refractivity contribution in [3.63, 3.8) is 0 Å². The number of aliphatic imine (C=N–C) groups is 2. The van der Waals surface area contributed by atoms with Crippen molar-refractivity contribution in [3.05, 3.63) is 59.3 Å². The highest BCUT2D eigenvalue weighted by Gasteiger charge is 2.35. The Hall–Kier alpha value is -3.00. The summed E-state index contributed by atoms with van der Waals surface area (Å²) in [5, 5.41) is 10.2. The second-order valence-electron chi connectivity index (χ2n) is 11.3. The van der Waals surface area contributed by atoms with Gasteiger partial charge < -0.3 is 9.84 Å². The number of benzene rings is 1. The molecule has 1 aromatic heterocycles.